The van der Waals surface area contributed by atoms with Crippen LogP contribution in [0.4, 0.5) is 26.3 Å². The van der Waals surface area contributed by atoms with Crippen molar-refractivity contribution in [2.45, 2.75) is 32.2 Å². The van der Waals surface area contributed by atoms with Gasteiger partial charge in [0.15, 0.2) is 23.0 Å². The standard InChI is InChI=1S/C24H17ClF6IN7O2/c1-11-6-12(32)7-15(22(41)33-2)14(11)9-18(40)17-8-13(35-39(17)21-16(25)4-3-5-34-21)10-38-36-19(23(26,27)28)20(37-38)24(29,30)31/h3-8H,9-10H2,1-2H3,(H,33,41). The molecule has 0 saturated carbocycles. The van der Waals surface area contributed by atoms with Crippen molar-refractivity contribution in [3.05, 3.63) is 84.6 Å². The molecule has 41 heavy (non-hydrogen) atoms. The fourth-order valence-corrected chi connectivity index (χ4v) is 4.92. The largest absolute Gasteiger partial charge is 0.437 e. The van der Waals surface area contributed by atoms with Gasteiger partial charge in [0.1, 0.15) is 12.2 Å². The lowest BCUT2D eigenvalue weighted by molar-refractivity contribution is -0.165. The van der Waals surface area contributed by atoms with Crippen molar-refractivity contribution >= 4 is 45.9 Å². The van der Waals surface area contributed by atoms with E-state index in [1.807, 2.05) is 22.6 Å². The van der Waals surface area contributed by atoms with Crippen molar-refractivity contribution in [2.75, 3.05) is 7.05 Å². The van der Waals surface area contributed by atoms with Crippen molar-refractivity contribution < 1.29 is 35.9 Å². The van der Waals surface area contributed by atoms with Crippen molar-refractivity contribution in [1.29, 1.82) is 0 Å². The Bertz CT molecular complexity index is 1620. The number of carbonyl (C=O) groups is 2. The summed E-state index contributed by atoms with van der Waals surface area (Å²) in [5.74, 6) is -1.03. The summed E-state index contributed by atoms with van der Waals surface area (Å²) < 4.78 is 81.1. The molecule has 0 unspecified atom stereocenters. The van der Waals surface area contributed by atoms with E-state index in [2.05, 4.69) is 25.6 Å². The van der Waals surface area contributed by atoms with E-state index in [1.165, 1.54) is 31.4 Å². The molecule has 4 aromatic rings. The highest BCUT2D eigenvalue weighted by Gasteiger charge is 2.48. The number of pyridine rings is 1. The number of nitrogens with one attached hydrogen (secondary N) is 1. The molecule has 1 amide bonds. The van der Waals surface area contributed by atoms with Gasteiger partial charge in [-0.3, -0.25) is 9.59 Å². The first-order chi connectivity index (χ1) is 19.1. The van der Waals surface area contributed by atoms with Crippen LogP contribution in [0.2, 0.25) is 5.02 Å². The lowest BCUT2D eigenvalue weighted by Crippen LogP contribution is -2.22. The summed E-state index contributed by atoms with van der Waals surface area (Å²) in [6.45, 7) is 0.971. The molecular weight excluding hydrogens is 695 g/mol. The number of aryl methyl sites for hydroxylation is 1. The highest BCUT2D eigenvalue weighted by Crippen LogP contribution is 2.38. The number of hydrogen-bond acceptors (Lipinski definition) is 6. The Morgan fingerprint density at radius 2 is 1.66 bits per heavy atom. The van der Waals surface area contributed by atoms with Crippen LogP contribution in [0.3, 0.4) is 0 Å². The quantitative estimate of drug-likeness (QED) is 0.159. The van der Waals surface area contributed by atoms with Crippen LogP contribution in [0.25, 0.3) is 5.82 Å². The monoisotopic (exact) mass is 711 g/mol. The Balaban J connectivity index is 1.79. The zero-order chi connectivity index (χ0) is 30.3. The van der Waals surface area contributed by atoms with Gasteiger partial charge in [-0.15, -0.1) is 10.2 Å². The van der Waals surface area contributed by atoms with Crippen LogP contribution in [-0.4, -0.2) is 48.5 Å². The third kappa shape index (κ3) is 6.52. The number of carbonyl (C=O) groups excluding carboxylic acids is 2. The second-order valence-corrected chi connectivity index (χ2v) is 10.2. The van der Waals surface area contributed by atoms with Gasteiger partial charge in [0, 0.05) is 28.8 Å². The minimum absolute atomic E-state index is 0.0185. The third-order valence-corrected chi connectivity index (χ3v) is 6.65. The maximum atomic E-state index is 13.6. The smallest absolute Gasteiger partial charge is 0.355 e. The molecule has 216 valence electrons. The molecule has 0 radical (unpaired) electrons. The highest BCUT2D eigenvalue weighted by molar-refractivity contribution is 14.1. The number of Topliss-reactive ketones (excluding diaryl/α,β-unsaturated/α-hetero) is 1. The van der Waals surface area contributed by atoms with Crippen LogP contribution in [-0.2, 0) is 25.3 Å². The fourth-order valence-electron chi connectivity index (χ4n) is 3.94. The summed E-state index contributed by atoms with van der Waals surface area (Å²) in [4.78, 5) is 30.4. The molecule has 9 nitrogen and oxygen atoms in total. The number of halogens is 8. The average Bonchev–Trinajstić information content (AvgIpc) is 3.50. The van der Waals surface area contributed by atoms with E-state index in [4.69, 9.17) is 11.6 Å². The summed E-state index contributed by atoms with van der Waals surface area (Å²) in [6.07, 6.45) is -9.78. The maximum Gasteiger partial charge on any atom is 0.437 e. The first-order valence-corrected chi connectivity index (χ1v) is 12.9. The van der Waals surface area contributed by atoms with E-state index in [0.29, 0.717) is 11.1 Å². The molecule has 0 aliphatic rings. The lowest BCUT2D eigenvalue weighted by atomic mass is 9.95. The molecule has 0 spiro atoms. The Labute approximate surface area is 246 Å². The van der Waals surface area contributed by atoms with Gasteiger partial charge in [0.25, 0.3) is 5.91 Å². The zero-order valence-corrected chi connectivity index (χ0v) is 23.8. The molecule has 0 atom stereocenters. The lowest BCUT2D eigenvalue weighted by Gasteiger charge is -2.13. The molecule has 17 heteroatoms. The van der Waals surface area contributed by atoms with Crippen LogP contribution >= 0.6 is 34.2 Å². The van der Waals surface area contributed by atoms with Crippen molar-refractivity contribution in [3.8, 4) is 5.82 Å². The van der Waals surface area contributed by atoms with Crippen LogP contribution in [0, 0.1) is 10.5 Å². The van der Waals surface area contributed by atoms with Crippen molar-refractivity contribution in [1.82, 2.24) is 35.1 Å². The van der Waals surface area contributed by atoms with E-state index >= 15 is 0 Å². The van der Waals surface area contributed by atoms with Gasteiger partial charge in [0.2, 0.25) is 0 Å². The minimum atomic E-state index is -5.42. The summed E-state index contributed by atoms with van der Waals surface area (Å²) in [6, 6.07) is 7.50. The zero-order valence-electron chi connectivity index (χ0n) is 20.9. The first kappa shape index (κ1) is 30.4. The number of benzene rings is 1. The van der Waals surface area contributed by atoms with E-state index in [1.54, 1.807) is 19.1 Å². The molecular formula is C24H17ClF6IN7O2. The molecule has 0 bridgehead atoms. The van der Waals surface area contributed by atoms with Gasteiger partial charge >= 0.3 is 12.4 Å². The van der Waals surface area contributed by atoms with Crippen LogP contribution < -0.4 is 5.32 Å². The Kier molecular flexibility index (Phi) is 8.45. The minimum Gasteiger partial charge on any atom is -0.355 e. The summed E-state index contributed by atoms with van der Waals surface area (Å²) in [7, 11) is 1.44. The number of amides is 1. The summed E-state index contributed by atoms with van der Waals surface area (Å²) in [5.41, 5.74) is -3.39. The van der Waals surface area contributed by atoms with Gasteiger partial charge in [-0.05, 0) is 71.0 Å². The van der Waals surface area contributed by atoms with Gasteiger partial charge in [-0.2, -0.15) is 36.2 Å². The molecule has 1 aromatic carbocycles. The summed E-state index contributed by atoms with van der Waals surface area (Å²) >= 11 is 8.28. The van der Waals surface area contributed by atoms with Gasteiger partial charge in [0.05, 0.1) is 10.7 Å². The number of hydrogen-bond donors (Lipinski definition) is 1. The number of rotatable bonds is 7. The highest BCUT2D eigenvalue weighted by atomic mass is 127. The SMILES string of the molecule is CNC(=O)c1cc(I)cc(C)c1CC(=O)c1cc(Cn2nc(C(F)(F)F)c(C(F)(F)F)n2)nn1-c1ncccc1Cl. The molecule has 0 saturated heterocycles. The average molecular weight is 712 g/mol. The van der Waals surface area contributed by atoms with Gasteiger partial charge in [-0.1, -0.05) is 11.6 Å². The van der Waals surface area contributed by atoms with Gasteiger partial charge < -0.3 is 5.32 Å². The number of aromatic nitrogens is 6. The van der Waals surface area contributed by atoms with E-state index in [0.717, 1.165) is 8.25 Å². The first-order valence-electron chi connectivity index (χ1n) is 11.4. The predicted molar refractivity (Wildman–Crippen MR) is 141 cm³/mol. The molecule has 3 heterocycles. The van der Waals surface area contributed by atoms with Crippen LogP contribution in [0.1, 0.15) is 49.1 Å². The molecule has 0 aliphatic heterocycles. The van der Waals surface area contributed by atoms with Crippen LogP contribution in [0.5, 0.6) is 0 Å². The Morgan fingerprint density at radius 1 is 1.02 bits per heavy atom. The fraction of sp³-hybridized carbons (Fsp3) is 0.250. The topological polar surface area (TPSA) is 108 Å². The normalized spacial score (nSPS) is 12.0. The van der Waals surface area contributed by atoms with Crippen molar-refractivity contribution in [3.63, 3.8) is 0 Å². The number of alkyl halides is 6. The van der Waals surface area contributed by atoms with E-state index < -0.39 is 42.0 Å². The van der Waals surface area contributed by atoms with E-state index in [9.17, 15) is 35.9 Å². The Morgan fingerprint density at radius 3 is 2.22 bits per heavy atom. The number of nitrogens with zero attached hydrogens (tertiary/aromatic N) is 6. The molecule has 4 rings (SSSR count). The molecule has 3 aromatic heterocycles. The summed E-state index contributed by atoms with van der Waals surface area (Å²) in [5, 5.41) is 12.7. The third-order valence-electron chi connectivity index (χ3n) is 5.73. The van der Waals surface area contributed by atoms with E-state index in [-0.39, 0.29) is 39.0 Å². The van der Waals surface area contributed by atoms with Gasteiger partial charge in [-0.25, -0.2) is 9.67 Å². The molecule has 0 aliphatic carbocycles. The van der Waals surface area contributed by atoms with Crippen molar-refractivity contribution in [2.24, 2.45) is 0 Å². The molecule has 0 fully saturated rings. The molecule has 1 N–H and O–H groups in total. The van der Waals surface area contributed by atoms with Crippen LogP contribution in [0.15, 0.2) is 36.5 Å². The second-order valence-electron chi connectivity index (χ2n) is 8.59. The second kappa shape index (κ2) is 11.4. The Hall–Kier alpha value is -3.54. The maximum absolute atomic E-state index is 13.6. The number of ketones is 1. The predicted octanol–water partition coefficient (Wildman–Crippen LogP) is 5.30.